The molecule has 0 N–H and O–H groups in total. The molecule has 0 unspecified atom stereocenters. The fourth-order valence-corrected chi connectivity index (χ4v) is 0. The van der Waals surface area contributed by atoms with Gasteiger partial charge in [0.15, 0.2) is 0 Å². The molecule has 0 radical (unpaired) electrons. The van der Waals surface area contributed by atoms with Gasteiger partial charge in [0.2, 0.25) is 0 Å². The Kier molecular flexibility index (Phi) is 104. The van der Waals surface area contributed by atoms with Gasteiger partial charge >= 0.3 is 88.7 Å². The molecule has 0 aromatic rings. The summed E-state index contributed by atoms with van der Waals surface area (Å²) in [5.41, 5.74) is 0. The number of carbonyl (C=O) groups excluding carboxylic acids is 1. The van der Waals surface area contributed by atoms with E-state index < -0.39 is 6.16 Å². The van der Waals surface area contributed by atoms with Gasteiger partial charge in [-0.15, -0.1) is 0 Å². The molecule has 0 aromatic heterocycles. The molecule has 9 heavy (non-hydrogen) atoms. The van der Waals surface area contributed by atoms with Crippen LogP contribution in [0.15, 0.2) is 0 Å². The zero-order valence-corrected chi connectivity index (χ0v) is 12.3. The van der Waals surface area contributed by atoms with E-state index in [4.69, 9.17) is 19.7 Å². The number of carboxylic acid groups (broad SMARTS) is 2. The third-order valence-corrected chi connectivity index (χ3v) is 0. The first-order valence-corrected chi connectivity index (χ1v) is 1.08. The van der Waals surface area contributed by atoms with Crippen LogP contribution < -0.4 is 104 Å². The second-order valence-electron chi connectivity index (χ2n) is 0.250. The second kappa shape index (κ2) is 31.3. The van der Waals surface area contributed by atoms with Gasteiger partial charge < -0.3 is 19.7 Å². The molecule has 0 bridgehead atoms. The standard InChI is InChI=1S/CH2O3.ClO.3Na/c2-1(3)4;1-2;;;/h(H2,2,3,4);;;;/q;-1;3*+1/p-2. The zero-order chi connectivity index (χ0) is 5.58. The Labute approximate surface area is 124 Å². The summed E-state index contributed by atoms with van der Waals surface area (Å²) in [6.07, 6.45) is -2.33. The van der Waals surface area contributed by atoms with Crippen molar-refractivity contribution in [1.29, 1.82) is 0 Å². The van der Waals surface area contributed by atoms with Crippen LogP contribution in [0, 0.1) is 0 Å². The van der Waals surface area contributed by atoms with E-state index in [-0.39, 0.29) is 88.7 Å². The predicted molar refractivity (Wildman–Crippen MR) is 11.2 cm³/mol. The molecular weight excluding hydrogens is 180 g/mol. The van der Waals surface area contributed by atoms with Gasteiger partial charge in [-0.3, -0.25) is 0 Å². The number of rotatable bonds is 0. The van der Waals surface area contributed by atoms with Gasteiger partial charge in [0.05, 0.1) is 0 Å². The predicted octanol–water partition coefficient (Wildman–Crippen LogP) is -11.9. The van der Waals surface area contributed by atoms with Gasteiger partial charge in [0, 0.05) is 0 Å². The van der Waals surface area contributed by atoms with Crippen molar-refractivity contribution >= 4 is 18.0 Å². The Morgan fingerprint density at radius 2 is 1.00 bits per heavy atom. The number of hydrogen-bond acceptors (Lipinski definition) is 4. The normalized spacial score (nSPS) is 3.33. The average molecular weight is 180 g/mol. The Balaban J connectivity index is -0.00000000990. The van der Waals surface area contributed by atoms with Crippen molar-refractivity contribution in [3.05, 3.63) is 0 Å². The molecule has 0 aliphatic heterocycles. The quantitative estimate of drug-likeness (QED) is 0.347. The SMILES string of the molecule is O=C([O-])[O-].[Na+].[Na+].[Na+].[O-]Cl. The average Bonchev–Trinajstić information content (AvgIpc) is 1.41. The van der Waals surface area contributed by atoms with Crippen molar-refractivity contribution in [3.63, 3.8) is 0 Å². The maximum Gasteiger partial charge on any atom is 1.00 e. The summed E-state index contributed by atoms with van der Waals surface area (Å²) in [5, 5.41) is 16.7. The molecule has 4 nitrogen and oxygen atoms in total. The Hall–Kier alpha value is 2.52. The molecule has 0 amide bonds. The minimum Gasteiger partial charge on any atom is -0.769 e. The fourth-order valence-electron chi connectivity index (χ4n) is 0. The van der Waals surface area contributed by atoms with Crippen LogP contribution in [0.4, 0.5) is 4.79 Å². The summed E-state index contributed by atoms with van der Waals surface area (Å²) >= 11 is 3.39. The number of hydrogen-bond donors (Lipinski definition) is 0. The second-order valence-corrected chi connectivity index (χ2v) is 0.250. The fraction of sp³-hybridized carbons (Fsp3) is 0. The largest absolute Gasteiger partial charge is 1.00 e. The van der Waals surface area contributed by atoms with E-state index in [1.807, 2.05) is 0 Å². The minimum absolute atomic E-state index is 0. The summed E-state index contributed by atoms with van der Waals surface area (Å²) in [6.45, 7) is 0. The Morgan fingerprint density at radius 3 is 1.00 bits per heavy atom. The molecule has 0 aliphatic rings. The van der Waals surface area contributed by atoms with Crippen molar-refractivity contribution in [1.82, 2.24) is 0 Å². The first-order chi connectivity index (χ1) is 2.73. The van der Waals surface area contributed by atoms with Crippen LogP contribution in [-0.4, -0.2) is 6.16 Å². The molecular formula is CClNa3O4. The molecule has 8 heteroatoms. The van der Waals surface area contributed by atoms with Crippen molar-refractivity contribution in [2.75, 3.05) is 0 Å². The van der Waals surface area contributed by atoms with E-state index in [1.54, 1.807) is 0 Å². The molecule has 0 saturated heterocycles. The minimum atomic E-state index is -2.33. The molecule has 0 heterocycles. The molecule has 0 atom stereocenters. The van der Waals surface area contributed by atoms with Crippen LogP contribution in [-0.2, 0) is 0 Å². The zero-order valence-electron chi connectivity index (χ0n) is 5.51. The molecule has 0 spiro atoms. The van der Waals surface area contributed by atoms with E-state index >= 15 is 0 Å². The summed E-state index contributed by atoms with van der Waals surface area (Å²) < 4.78 is 7.72. The van der Waals surface area contributed by atoms with Crippen molar-refractivity contribution in [2.24, 2.45) is 0 Å². The smallest absolute Gasteiger partial charge is 0.769 e. The van der Waals surface area contributed by atoms with E-state index in [2.05, 4.69) is 11.9 Å². The van der Waals surface area contributed by atoms with E-state index in [0.717, 1.165) is 0 Å². The third kappa shape index (κ3) is 120. The number of carbonyl (C=O) groups is 1. The molecule has 0 saturated carbocycles. The maximum absolute atomic E-state index is 8.33. The van der Waals surface area contributed by atoms with Gasteiger partial charge in [0.25, 0.3) is 0 Å². The summed E-state index contributed by atoms with van der Waals surface area (Å²) in [4.78, 5) is 8.33. The van der Waals surface area contributed by atoms with Gasteiger partial charge in [-0.2, -0.15) is 0 Å². The Morgan fingerprint density at radius 1 is 1.00 bits per heavy atom. The van der Waals surface area contributed by atoms with Gasteiger partial charge in [-0.05, 0) is 6.16 Å². The monoisotopic (exact) mass is 180 g/mol. The first kappa shape index (κ1) is 30.0. The van der Waals surface area contributed by atoms with Gasteiger partial charge in [0.1, 0.15) is 0 Å². The summed E-state index contributed by atoms with van der Waals surface area (Å²) in [6, 6.07) is 0. The van der Waals surface area contributed by atoms with Crippen LogP contribution in [0.1, 0.15) is 0 Å². The number of halogens is 1. The van der Waals surface area contributed by atoms with Crippen LogP contribution in [0.3, 0.4) is 0 Å². The third-order valence-electron chi connectivity index (χ3n) is 0. The van der Waals surface area contributed by atoms with Crippen LogP contribution in [0.2, 0.25) is 0 Å². The van der Waals surface area contributed by atoms with Crippen LogP contribution in [0.25, 0.3) is 0 Å². The molecule has 0 aliphatic carbocycles. The van der Waals surface area contributed by atoms with Crippen molar-refractivity contribution in [3.8, 4) is 0 Å². The van der Waals surface area contributed by atoms with Crippen LogP contribution in [0.5, 0.6) is 0 Å². The summed E-state index contributed by atoms with van der Waals surface area (Å²) in [5.74, 6) is 0. The van der Waals surface area contributed by atoms with E-state index in [1.165, 1.54) is 0 Å². The van der Waals surface area contributed by atoms with Crippen molar-refractivity contribution < 1.29 is 108 Å². The summed E-state index contributed by atoms with van der Waals surface area (Å²) in [7, 11) is 0. The first-order valence-electron chi connectivity index (χ1n) is 0.767. The topological polar surface area (TPSA) is 86.2 Å². The molecule has 0 fully saturated rings. The van der Waals surface area contributed by atoms with Crippen LogP contribution >= 0.6 is 11.9 Å². The van der Waals surface area contributed by atoms with Gasteiger partial charge in [-0.25, -0.2) is 11.9 Å². The van der Waals surface area contributed by atoms with E-state index in [0.29, 0.717) is 0 Å². The van der Waals surface area contributed by atoms with E-state index in [9.17, 15) is 0 Å². The Bertz CT molecular complexity index is 38.8. The molecule has 0 rings (SSSR count). The molecule has 38 valence electrons. The van der Waals surface area contributed by atoms with Crippen molar-refractivity contribution in [2.45, 2.75) is 0 Å². The molecule has 0 aromatic carbocycles. The van der Waals surface area contributed by atoms with Gasteiger partial charge in [-0.1, -0.05) is 0 Å². The maximum atomic E-state index is 8.33.